The molecule has 0 spiro atoms. The molecule has 0 unspecified atom stereocenters. The van der Waals surface area contributed by atoms with Crippen LogP contribution in [0.4, 0.5) is 9.18 Å². The molecule has 0 aliphatic heterocycles. The first-order valence-corrected chi connectivity index (χ1v) is 3.63. The molecule has 3 nitrogen and oxygen atoms in total. The van der Waals surface area contributed by atoms with Crippen LogP contribution in [-0.4, -0.2) is 24.4 Å². The van der Waals surface area contributed by atoms with Crippen LogP contribution < -0.4 is 5.32 Å². The van der Waals surface area contributed by atoms with Crippen LogP contribution in [-0.2, 0) is 4.74 Å². The maximum atomic E-state index is 12.9. The summed E-state index contributed by atoms with van der Waals surface area (Å²) in [4.78, 5) is 10.7. The lowest BCUT2D eigenvalue weighted by molar-refractivity contribution is -0.164. The minimum absolute atomic E-state index is 0.248. The molecule has 3 aliphatic rings. The van der Waals surface area contributed by atoms with Crippen LogP contribution >= 0.6 is 0 Å². The molecule has 0 aromatic carbocycles. The molecule has 0 saturated heterocycles. The Morgan fingerprint density at radius 2 is 2.09 bits per heavy atom. The first kappa shape index (κ1) is 6.88. The van der Waals surface area contributed by atoms with Gasteiger partial charge in [0.15, 0.2) is 0 Å². The van der Waals surface area contributed by atoms with Crippen molar-refractivity contribution in [3.05, 3.63) is 0 Å². The van der Waals surface area contributed by atoms with Crippen molar-refractivity contribution < 1.29 is 13.9 Å². The summed E-state index contributed by atoms with van der Waals surface area (Å²) < 4.78 is 17.3. The van der Waals surface area contributed by atoms with E-state index in [1.807, 2.05) is 0 Å². The zero-order valence-electron chi connectivity index (χ0n) is 6.32. The quantitative estimate of drug-likeness (QED) is 0.619. The van der Waals surface area contributed by atoms with Gasteiger partial charge in [0.2, 0.25) is 0 Å². The second kappa shape index (κ2) is 1.68. The molecule has 0 aromatic heterocycles. The predicted molar refractivity (Wildman–Crippen MR) is 36.0 cm³/mol. The van der Waals surface area contributed by atoms with E-state index in [0.717, 1.165) is 0 Å². The van der Waals surface area contributed by atoms with Gasteiger partial charge in [-0.05, 0) is 0 Å². The summed E-state index contributed by atoms with van der Waals surface area (Å²) in [7, 11) is 1.31. The molecule has 4 heteroatoms. The highest BCUT2D eigenvalue weighted by Gasteiger charge is 2.70. The Kier molecular flexibility index (Phi) is 1.05. The SMILES string of the molecule is COC(=O)NC12CC(F)(C1)C2. The molecule has 3 fully saturated rings. The molecule has 62 valence electrons. The lowest BCUT2D eigenvalue weighted by Crippen LogP contribution is -2.76. The monoisotopic (exact) mass is 159 g/mol. The highest BCUT2D eigenvalue weighted by molar-refractivity contribution is 5.69. The highest BCUT2D eigenvalue weighted by atomic mass is 19.1. The van der Waals surface area contributed by atoms with E-state index < -0.39 is 11.8 Å². The summed E-state index contributed by atoms with van der Waals surface area (Å²) in [6, 6.07) is 0. The van der Waals surface area contributed by atoms with E-state index in [9.17, 15) is 9.18 Å². The van der Waals surface area contributed by atoms with E-state index in [0.29, 0.717) is 19.3 Å². The maximum Gasteiger partial charge on any atom is 0.407 e. The molecule has 1 N–H and O–H groups in total. The van der Waals surface area contributed by atoms with Gasteiger partial charge in [-0.2, -0.15) is 0 Å². The molecule has 0 heterocycles. The number of nitrogens with one attached hydrogen (secondary N) is 1. The number of halogens is 1. The van der Waals surface area contributed by atoms with Gasteiger partial charge in [0.25, 0.3) is 0 Å². The predicted octanol–water partition coefficient (Wildman–Crippen LogP) is 0.987. The zero-order valence-corrected chi connectivity index (χ0v) is 6.32. The molecular weight excluding hydrogens is 149 g/mol. The Morgan fingerprint density at radius 1 is 1.55 bits per heavy atom. The Bertz CT molecular complexity index is 197. The third-order valence-electron chi connectivity index (χ3n) is 2.52. The van der Waals surface area contributed by atoms with Gasteiger partial charge in [-0.1, -0.05) is 0 Å². The number of carbonyl (C=O) groups excluding carboxylic acids is 1. The summed E-state index contributed by atoms with van der Waals surface area (Å²) in [5, 5.41) is 2.63. The fourth-order valence-electron chi connectivity index (χ4n) is 2.06. The van der Waals surface area contributed by atoms with Gasteiger partial charge in [0.05, 0.1) is 12.6 Å². The van der Waals surface area contributed by atoms with Gasteiger partial charge < -0.3 is 10.1 Å². The number of hydrogen-bond acceptors (Lipinski definition) is 2. The van der Waals surface area contributed by atoms with E-state index in [1.165, 1.54) is 7.11 Å². The van der Waals surface area contributed by atoms with E-state index in [1.54, 1.807) is 0 Å². The Balaban J connectivity index is 1.86. The molecule has 3 rings (SSSR count). The molecule has 1 amide bonds. The summed E-state index contributed by atoms with van der Waals surface area (Å²) >= 11 is 0. The second-order valence-electron chi connectivity index (χ2n) is 3.58. The number of rotatable bonds is 1. The molecule has 11 heavy (non-hydrogen) atoms. The summed E-state index contributed by atoms with van der Waals surface area (Å²) in [5.74, 6) is 0. The van der Waals surface area contributed by atoms with Crippen LogP contribution in [0.25, 0.3) is 0 Å². The summed E-state index contributed by atoms with van der Waals surface area (Å²) in [6.45, 7) is 0. The minimum atomic E-state index is -0.957. The molecule has 2 bridgehead atoms. The second-order valence-corrected chi connectivity index (χ2v) is 3.58. The van der Waals surface area contributed by atoms with Crippen molar-refractivity contribution >= 4 is 6.09 Å². The number of alkyl halides is 1. The number of hydrogen-bond donors (Lipinski definition) is 1. The third-order valence-corrected chi connectivity index (χ3v) is 2.52. The molecule has 0 radical (unpaired) electrons. The summed E-state index contributed by atoms with van der Waals surface area (Å²) in [5.41, 5.74) is -1.21. The van der Waals surface area contributed by atoms with Crippen LogP contribution in [0.3, 0.4) is 0 Å². The number of ether oxygens (including phenoxy) is 1. The molecular formula is C7H10FNO2. The van der Waals surface area contributed by atoms with Gasteiger partial charge >= 0.3 is 6.09 Å². The van der Waals surface area contributed by atoms with Crippen LogP contribution in [0.1, 0.15) is 19.3 Å². The normalized spacial score (nSPS) is 45.3. The van der Waals surface area contributed by atoms with Crippen molar-refractivity contribution in [2.24, 2.45) is 0 Å². The fourth-order valence-corrected chi connectivity index (χ4v) is 2.06. The highest BCUT2D eigenvalue weighted by Crippen LogP contribution is 2.62. The molecule has 3 aliphatic carbocycles. The van der Waals surface area contributed by atoms with E-state index in [4.69, 9.17) is 0 Å². The van der Waals surface area contributed by atoms with Gasteiger partial charge in [-0.3, -0.25) is 0 Å². The number of methoxy groups -OCH3 is 1. The van der Waals surface area contributed by atoms with E-state index >= 15 is 0 Å². The van der Waals surface area contributed by atoms with Crippen LogP contribution in [0.15, 0.2) is 0 Å². The van der Waals surface area contributed by atoms with Crippen molar-refractivity contribution in [3.63, 3.8) is 0 Å². The van der Waals surface area contributed by atoms with Crippen molar-refractivity contribution in [2.75, 3.05) is 7.11 Å². The Labute approximate surface area is 63.9 Å². The van der Waals surface area contributed by atoms with Crippen molar-refractivity contribution in [1.29, 1.82) is 0 Å². The van der Waals surface area contributed by atoms with Gasteiger partial charge in [0.1, 0.15) is 5.67 Å². The van der Waals surface area contributed by atoms with Crippen molar-refractivity contribution in [1.82, 2.24) is 5.32 Å². The molecule has 0 aromatic rings. The van der Waals surface area contributed by atoms with E-state index in [2.05, 4.69) is 10.1 Å². The Hall–Kier alpha value is -0.800. The smallest absolute Gasteiger partial charge is 0.407 e. The number of alkyl carbamates (subject to hydrolysis) is 1. The number of amides is 1. The topological polar surface area (TPSA) is 38.3 Å². The van der Waals surface area contributed by atoms with Crippen LogP contribution in [0.2, 0.25) is 0 Å². The molecule has 3 saturated carbocycles. The largest absolute Gasteiger partial charge is 0.453 e. The zero-order chi connectivity index (χ0) is 8.11. The lowest BCUT2D eigenvalue weighted by atomic mass is 9.47. The Morgan fingerprint density at radius 3 is 2.45 bits per heavy atom. The standard InChI is InChI=1S/C7H10FNO2/c1-11-5(10)9-7-2-6(8,3-7)4-7/h2-4H2,1H3,(H,9,10). The summed E-state index contributed by atoms with van der Waals surface area (Å²) in [6.07, 6.45) is 0.950. The van der Waals surface area contributed by atoms with Gasteiger partial charge in [0, 0.05) is 19.3 Å². The first-order valence-electron chi connectivity index (χ1n) is 3.63. The fraction of sp³-hybridized carbons (Fsp3) is 0.857. The number of carbonyl (C=O) groups is 1. The molecule has 0 atom stereocenters. The van der Waals surface area contributed by atoms with E-state index in [-0.39, 0.29) is 5.54 Å². The van der Waals surface area contributed by atoms with Gasteiger partial charge in [-0.15, -0.1) is 0 Å². The minimum Gasteiger partial charge on any atom is -0.453 e. The van der Waals surface area contributed by atoms with Crippen LogP contribution in [0.5, 0.6) is 0 Å². The van der Waals surface area contributed by atoms with Gasteiger partial charge in [-0.25, -0.2) is 9.18 Å². The maximum absolute atomic E-state index is 12.9. The average molecular weight is 159 g/mol. The first-order chi connectivity index (χ1) is 5.08. The van der Waals surface area contributed by atoms with Crippen molar-refractivity contribution in [3.8, 4) is 0 Å². The average Bonchev–Trinajstić information content (AvgIpc) is 1.82. The van der Waals surface area contributed by atoms with Crippen LogP contribution in [0, 0.1) is 0 Å². The van der Waals surface area contributed by atoms with Crippen molar-refractivity contribution in [2.45, 2.75) is 30.5 Å². The third kappa shape index (κ3) is 0.814. The lowest BCUT2D eigenvalue weighted by Gasteiger charge is -2.65.